The Morgan fingerprint density at radius 3 is 2.58 bits per heavy atom. The van der Waals surface area contributed by atoms with Gasteiger partial charge in [0.1, 0.15) is 24.0 Å². The quantitative estimate of drug-likeness (QED) is 0.738. The summed E-state index contributed by atoms with van der Waals surface area (Å²) >= 11 is 0. The maximum absolute atomic E-state index is 10.2. The molecule has 1 N–H and O–H groups in total. The van der Waals surface area contributed by atoms with Crippen LogP contribution >= 0.6 is 0 Å². The maximum Gasteiger partial charge on any atom is 0.114 e. The van der Waals surface area contributed by atoms with Gasteiger partial charge in [-0.15, -0.1) is 5.10 Å². The minimum Gasteiger partial charge on any atom is -0.388 e. The predicted octanol–water partition coefficient (Wildman–Crippen LogP) is 2.29. The molecule has 0 radical (unpaired) electrons. The fraction of sp³-hybridized carbons (Fsp3) is 0.300. The van der Waals surface area contributed by atoms with Crippen molar-refractivity contribution in [2.24, 2.45) is 0 Å². The standard InChI is InChI=1S/C20H21N3O3/c24-18-14-25-19(20(18)26-13-15-7-3-1-4-8-15)12-23-11-17(21-22-23)16-9-5-2-6-10-16/h1-11,18-20,24H,12-14H2/t18-,19-,20+/m1/s1. The number of hydrogen-bond donors (Lipinski definition) is 1. The second-order valence-electron chi connectivity index (χ2n) is 6.39. The molecule has 134 valence electrons. The first-order valence-corrected chi connectivity index (χ1v) is 8.70. The van der Waals surface area contributed by atoms with Gasteiger partial charge in [-0.2, -0.15) is 0 Å². The number of ether oxygens (including phenoxy) is 2. The molecule has 1 saturated heterocycles. The average molecular weight is 351 g/mol. The van der Waals surface area contributed by atoms with Crippen molar-refractivity contribution in [1.82, 2.24) is 15.0 Å². The van der Waals surface area contributed by atoms with Gasteiger partial charge in [-0.25, -0.2) is 4.68 Å². The van der Waals surface area contributed by atoms with E-state index in [1.54, 1.807) is 4.68 Å². The van der Waals surface area contributed by atoms with Crippen LogP contribution in [0.1, 0.15) is 5.56 Å². The molecular weight excluding hydrogens is 330 g/mol. The van der Waals surface area contributed by atoms with Gasteiger partial charge in [0, 0.05) is 5.56 Å². The highest BCUT2D eigenvalue weighted by Crippen LogP contribution is 2.22. The fourth-order valence-corrected chi connectivity index (χ4v) is 3.11. The first-order chi connectivity index (χ1) is 12.8. The summed E-state index contributed by atoms with van der Waals surface area (Å²) in [6.45, 7) is 1.19. The number of hydrogen-bond acceptors (Lipinski definition) is 5. The lowest BCUT2D eigenvalue weighted by Crippen LogP contribution is -2.35. The van der Waals surface area contributed by atoms with Gasteiger partial charge in [0.15, 0.2) is 0 Å². The summed E-state index contributed by atoms with van der Waals surface area (Å²) in [4.78, 5) is 0. The van der Waals surface area contributed by atoms with Gasteiger partial charge in [-0.05, 0) is 5.56 Å². The molecule has 2 aromatic carbocycles. The summed E-state index contributed by atoms with van der Waals surface area (Å²) < 4.78 is 13.4. The van der Waals surface area contributed by atoms with E-state index in [1.807, 2.05) is 66.9 Å². The molecule has 6 heteroatoms. The Hall–Kier alpha value is -2.54. The van der Waals surface area contributed by atoms with Crippen LogP contribution < -0.4 is 0 Å². The Bertz CT molecular complexity index is 823. The van der Waals surface area contributed by atoms with E-state index in [9.17, 15) is 5.11 Å². The summed E-state index contributed by atoms with van der Waals surface area (Å²) in [5, 5.41) is 18.6. The molecule has 4 rings (SSSR count). The van der Waals surface area contributed by atoms with Crippen molar-refractivity contribution >= 4 is 0 Å². The monoisotopic (exact) mass is 351 g/mol. The zero-order valence-corrected chi connectivity index (χ0v) is 14.3. The molecular formula is C20H21N3O3. The third kappa shape index (κ3) is 3.83. The van der Waals surface area contributed by atoms with E-state index in [0.717, 1.165) is 16.8 Å². The smallest absolute Gasteiger partial charge is 0.114 e. The van der Waals surface area contributed by atoms with E-state index in [2.05, 4.69) is 10.3 Å². The lowest BCUT2D eigenvalue weighted by Gasteiger charge is -2.20. The van der Waals surface area contributed by atoms with E-state index in [1.165, 1.54) is 0 Å². The summed E-state index contributed by atoms with van der Waals surface area (Å²) in [5.74, 6) is 0. The van der Waals surface area contributed by atoms with Crippen molar-refractivity contribution in [1.29, 1.82) is 0 Å². The lowest BCUT2D eigenvalue weighted by molar-refractivity contribution is -0.0513. The Balaban J connectivity index is 1.41. The van der Waals surface area contributed by atoms with Gasteiger partial charge >= 0.3 is 0 Å². The number of aliphatic hydroxyl groups excluding tert-OH is 1. The average Bonchev–Trinajstić information content (AvgIpc) is 3.29. The van der Waals surface area contributed by atoms with Gasteiger partial charge in [-0.3, -0.25) is 0 Å². The Labute approximate surface area is 152 Å². The van der Waals surface area contributed by atoms with Crippen molar-refractivity contribution in [3.63, 3.8) is 0 Å². The molecule has 26 heavy (non-hydrogen) atoms. The van der Waals surface area contributed by atoms with Crippen molar-refractivity contribution in [2.75, 3.05) is 6.61 Å². The first kappa shape index (κ1) is 16.9. The lowest BCUT2D eigenvalue weighted by atomic mass is 10.1. The largest absolute Gasteiger partial charge is 0.388 e. The normalized spacial score (nSPS) is 22.6. The van der Waals surface area contributed by atoms with E-state index in [-0.39, 0.29) is 18.8 Å². The van der Waals surface area contributed by atoms with Crippen molar-refractivity contribution in [2.45, 2.75) is 31.5 Å². The van der Waals surface area contributed by atoms with Crippen LogP contribution in [0, 0.1) is 0 Å². The molecule has 1 aliphatic rings. The van der Waals surface area contributed by atoms with Crippen molar-refractivity contribution in [3.05, 3.63) is 72.4 Å². The van der Waals surface area contributed by atoms with Gasteiger partial charge in [0.25, 0.3) is 0 Å². The number of aromatic nitrogens is 3. The highest BCUT2D eigenvalue weighted by atomic mass is 16.6. The van der Waals surface area contributed by atoms with E-state index < -0.39 is 6.10 Å². The Morgan fingerprint density at radius 2 is 1.81 bits per heavy atom. The number of nitrogens with zero attached hydrogens (tertiary/aromatic N) is 3. The third-order valence-electron chi connectivity index (χ3n) is 4.49. The highest BCUT2D eigenvalue weighted by Gasteiger charge is 2.37. The van der Waals surface area contributed by atoms with Crippen LogP contribution in [0.4, 0.5) is 0 Å². The van der Waals surface area contributed by atoms with Crippen LogP contribution in [-0.2, 0) is 22.6 Å². The zero-order valence-electron chi connectivity index (χ0n) is 14.3. The molecule has 2 heterocycles. The fourth-order valence-electron chi connectivity index (χ4n) is 3.11. The molecule has 0 amide bonds. The van der Waals surface area contributed by atoms with Crippen molar-refractivity contribution < 1.29 is 14.6 Å². The molecule has 3 atom stereocenters. The Morgan fingerprint density at radius 1 is 1.08 bits per heavy atom. The molecule has 0 saturated carbocycles. The maximum atomic E-state index is 10.2. The van der Waals surface area contributed by atoms with Crippen LogP contribution in [0.2, 0.25) is 0 Å². The van der Waals surface area contributed by atoms with Crippen LogP contribution in [0.15, 0.2) is 66.9 Å². The van der Waals surface area contributed by atoms with E-state index in [4.69, 9.17) is 9.47 Å². The van der Waals surface area contributed by atoms with Gasteiger partial charge in [0.05, 0.1) is 26.0 Å². The van der Waals surface area contributed by atoms with Crippen LogP contribution in [0.25, 0.3) is 11.3 Å². The van der Waals surface area contributed by atoms with Crippen LogP contribution in [-0.4, -0.2) is 45.0 Å². The van der Waals surface area contributed by atoms with Gasteiger partial charge in [0.2, 0.25) is 0 Å². The van der Waals surface area contributed by atoms with Crippen LogP contribution in [0.3, 0.4) is 0 Å². The molecule has 0 spiro atoms. The molecule has 3 aromatic rings. The molecule has 1 aromatic heterocycles. The number of aliphatic hydroxyl groups is 1. The molecule has 6 nitrogen and oxygen atoms in total. The van der Waals surface area contributed by atoms with Crippen LogP contribution in [0.5, 0.6) is 0 Å². The van der Waals surface area contributed by atoms with Gasteiger partial charge < -0.3 is 14.6 Å². The second-order valence-corrected chi connectivity index (χ2v) is 6.39. The third-order valence-corrected chi connectivity index (χ3v) is 4.49. The number of benzene rings is 2. The summed E-state index contributed by atoms with van der Waals surface area (Å²) in [6, 6.07) is 19.8. The summed E-state index contributed by atoms with van der Waals surface area (Å²) in [5.41, 5.74) is 2.89. The second kappa shape index (κ2) is 7.78. The predicted molar refractivity (Wildman–Crippen MR) is 96.2 cm³/mol. The molecule has 0 unspecified atom stereocenters. The zero-order chi connectivity index (χ0) is 17.8. The first-order valence-electron chi connectivity index (χ1n) is 8.70. The minimum atomic E-state index is -0.638. The molecule has 1 aliphatic heterocycles. The summed E-state index contributed by atoms with van der Waals surface area (Å²) in [7, 11) is 0. The molecule has 0 bridgehead atoms. The Kier molecular flexibility index (Phi) is 5.06. The highest BCUT2D eigenvalue weighted by molar-refractivity contribution is 5.57. The van der Waals surface area contributed by atoms with E-state index >= 15 is 0 Å². The van der Waals surface area contributed by atoms with E-state index in [0.29, 0.717) is 13.2 Å². The van der Waals surface area contributed by atoms with Crippen molar-refractivity contribution in [3.8, 4) is 11.3 Å². The minimum absolute atomic E-state index is 0.265. The van der Waals surface area contributed by atoms with Gasteiger partial charge in [-0.1, -0.05) is 65.9 Å². The SMILES string of the molecule is O[C@@H]1CO[C@H](Cn2cc(-c3ccccc3)nn2)[C@H]1OCc1ccccc1. The topological polar surface area (TPSA) is 69.4 Å². The summed E-state index contributed by atoms with van der Waals surface area (Å²) in [6.07, 6.45) is 0.594. The molecule has 0 aliphatic carbocycles. The molecule has 1 fully saturated rings. The number of rotatable bonds is 6.